The van der Waals surface area contributed by atoms with E-state index in [2.05, 4.69) is 243 Å². The van der Waals surface area contributed by atoms with Crippen LogP contribution in [0.25, 0.3) is 111 Å². The second-order valence-electron chi connectivity index (χ2n) is 15.8. The maximum atomic E-state index is 2.23. The molecule has 20 bridgehead atoms. The largest absolute Gasteiger partial charge is 0.0538 e. The van der Waals surface area contributed by atoms with Crippen LogP contribution in [0.3, 0.4) is 0 Å². The van der Waals surface area contributed by atoms with Gasteiger partial charge in [-0.1, -0.05) is 243 Å². The van der Waals surface area contributed by atoms with Gasteiger partial charge in [-0.2, -0.15) is 0 Å². The minimum Gasteiger partial charge on any atom is -0.0538 e. The Labute approximate surface area is 352 Å². The zero-order valence-electron chi connectivity index (χ0n) is 33.1. The monoisotopic (exact) mass is 760 g/mol. The third-order valence-electron chi connectivity index (χ3n) is 12.2. The van der Waals surface area contributed by atoms with Crippen molar-refractivity contribution >= 4 is 0 Å². The highest BCUT2D eigenvalue weighted by molar-refractivity contribution is 5.80. The Morgan fingerprint density at radius 2 is 0.100 bits per heavy atom. The van der Waals surface area contributed by atoms with Gasteiger partial charge in [-0.3, -0.25) is 0 Å². The molecule has 0 aliphatic heterocycles. The summed E-state index contributed by atoms with van der Waals surface area (Å²) in [6.07, 6.45) is 0. The molecule has 28 aliphatic carbocycles. The van der Waals surface area contributed by atoms with Crippen molar-refractivity contribution in [3.05, 3.63) is 243 Å². The van der Waals surface area contributed by atoms with Gasteiger partial charge in [0.05, 0.1) is 0 Å². The second kappa shape index (κ2) is 15.2. The Hall–Kier alpha value is -7.80. The van der Waals surface area contributed by atoms with Crippen molar-refractivity contribution in [2.45, 2.75) is 0 Å². The standard InChI is InChI=1S/C60H40/c1-2-42-4-3-41(1)43-5-7-45(8-6-43)47-13-15-49(16-14-47)51-21-23-53(24-22-51)55-29-31-57(32-30-55)59-37-39-60(40-38-59)58-35-33-56(34-36-58)54-27-25-52(26-28-54)50-19-17-48(18-20-50)46-11-9-44(42)10-12-46/h1-40H. The molecule has 0 heterocycles. The van der Waals surface area contributed by atoms with E-state index in [0.717, 1.165) is 0 Å². The van der Waals surface area contributed by atoms with Crippen molar-refractivity contribution in [2.75, 3.05) is 0 Å². The third-order valence-corrected chi connectivity index (χ3v) is 12.2. The van der Waals surface area contributed by atoms with Gasteiger partial charge in [-0.15, -0.1) is 0 Å². The molecule has 280 valence electrons. The number of hydrogen-bond acceptors (Lipinski definition) is 0. The van der Waals surface area contributed by atoms with E-state index in [9.17, 15) is 0 Å². The first-order valence-corrected chi connectivity index (χ1v) is 20.7. The molecule has 28 aliphatic rings. The summed E-state index contributed by atoms with van der Waals surface area (Å²) in [5.41, 5.74) is 24.2. The SMILES string of the molecule is c1cc2ccc1-c1ccc(cc1)-c1ccc(cc1)-c1ccc(cc1)-c1ccc(cc1)-c1ccc(cc1)-c1ccc(cc1)-c1ccc(cc1)-c1ccc(cc1)-c1ccc-2cc1. The molecule has 0 amide bonds. The predicted molar refractivity (Wildman–Crippen MR) is 254 cm³/mol. The van der Waals surface area contributed by atoms with Crippen molar-refractivity contribution in [3.8, 4) is 111 Å². The van der Waals surface area contributed by atoms with Gasteiger partial charge in [0.2, 0.25) is 0 Å². The molecule has 38 rings (SSSR count). The Kier molecular flexibility index (Phi) is 8.95. The molecule has 0 spiro atoms. The minimum atomic E-state index is 1.21. The summed E-state index contributed by atoms with van der Waals surface area (Å²) >= 11 is 0. The molecule has 0 fully saturated rings. The molecule has 0 nitrogen and oxygen atoms in total. The fourth-order valence-electron chi connectivity index (χ4n) is 8.55. The van der Waals surface area contributed by atoms with Gasteiger partial charge in [-0.25, -0.2) is 0 Å². The van der Waals surface area contributed by atoms with Crippen LogP contribution in [0.1, 0.15) is 0 Å². The van der Waals surface area contributed by atoms with Crippen LogP contribution in [0.4, 0.5) is 0 Å². The molecule has 0 radical (unpaired) electrons. The van der Waals surface area contributed by atoms with E-state index in [4.69, 9.17) is 0 Å². The van der Waals surface area contributed by atoms with E-state index in [1.807, 2.05) is 0 Å². The highest BCUT2D eigenvalue weighted by atomic mass is 14.1. The lowest BCUT2D eigenvalue weighted by Crippen LogP contribution is -1.85. The molecule has 0 atom stereocenters. The minimum absolute atomic E-state index is 1.21. The lowest BCUT2D eigenvalue weighted by atomic mass is 9.95. The zero-order valence-corrected chi connectivity index (χ0v) is 33.1. The summed E-state index contributed by atoms with van der Waals surface area (Å²) in [4.78, 5) is 0. The first kappa shape index (κ1) is 35.4. The van der Waals surface area contributed by atoms with Crippen LogP contribution in [0.2, 0.25) is 0 Å². The normalized spacial score (nSPS) is 11.3. The van der Waals surface area contributed by atoms with Gasteiger partial charge in [0.15, 0.2) is 0 Å². The lowest BCUT2D eigenvalue weighted by Gasteiger charge is -2.10. The van der Waals surface area contributed by atoms with Crippen molar-refractivity contribution in [1.29, 1.82) is 0 Å². The average molecular weight is 761 g/mol. The molecular weight excluding hydrogens is 721 g/mol. The molecule has 0 heteroatoms. The fraction of sp³-hybridized carbons (Fsp3) is 0. The topological polar surface area (TPSA) is 0 Å². The van der Waals surface area contributed by atoms with Crippen molar-refractivity contribution in [3.63, 3.8) is 0 Å². The summed E-state index contributed by atoms with van der Waals surface area (Å²) in [5, 5.41) is 0. The maximum absolute atomic E-state index is 2.23. The summed E-state index contributed by atoms with van der Waals surface area (Å²) in [5.74, 6) is 0. The number of hydrogen-bond donors (Lipinski definition) is 0. The van der Waals surface area contributed by atoms with E-state index < -0.39 is 0 Å². The Bertz CT molecular complexity index is 2110. The first-order valence-electron chi connectivity index (χ1n) is 20.7. The highest BCUT2D eigenvalue weighted by Crippen LogP contribution is 2.34. The number of benzene rings is 10. The lowest BCUT2D eigenvalue weighted by molar-refractivity contribution is 1.55. The zero-order chi connectivity index (χ0) is 39.8. The third kappa shape index (κ3) is 6.95. The molecule has 0 unspecified atom stereocenters. The first-order chi connectivity index (χ1) is 29.7. The molecule has 0 saturated carbocycles. The molecule has 60 heavy (non-hydrogen) atoms. The van der Waals surface area contributed by atoms with E-state index in [-0.39, 0.29) is 0 Å². The van der Waals surface area contributed by atoms with E-state index >= 15 is 0 Å². The van der Waals surface area contributed by atoms with Gasteiger partial charge >= 0.3 is 0 Å². The second-order valence-corrected chi connectivity index (χ2v) is 15.8. The summed E-state index contributed by atoms with van der Waals surface area (Å²) < 4.78 is 0. The van der Waals surface area contributed by atoms with Gasteiger partial charge in [-0.05, 0) is 111 Å². The Balaban J connectivity index is 0.904. The summed E-state index contributed by atoms with van der Waals surface area (Å²) in [6.45, 7) is 0. The molecule has 10 aromatic rings. The highest BCUT2D eigenvalue weighted by Gasteiger charge is 2.09. The van der Waals surface area contributed by atoms with Crippen LogP contribution in [-0.2, 0) is 0 Å². The molecule has 10 aromatic carbocycles. The van der Waals surface area contributed by atoms with Gasteiger partial charge in [0.1, 0.15) is 0 Å². The van der Waals surface area contributed by atoms with Gasteiger partial charge in [0.25, 0.3) is 0 Å². The van der Waals surface area contributed by atoms with Crippen LogP contribution < -0.4 is 0 Å². The quantitative estimate of drug-likeness (QED) is 0.144. The average Bonchev–Trinajstić information content (AvgIpc) is 3.34. The van der Waals surface area contributed by atoms with Crippen molar-refractivity contribution < 1.29 is 0 Å². The predicted octanol–water partition coefficient (Wildman–Crippen LogP) is 16.7. The Morgan fingerprint density at radius 3 is 0.133 bits per heavy atom. The van der Waals surface area contributed by atoms with Crippen LogP contribution in [0.15, 0.2) is 243 Å². The molecule has 0 N–H and O–H groups in total. The van der Waals surface area contributed by atoms with E-state index in [1.54, 1.807) is 0 Å². The van der Waals surface area contributed by atoms with Crippen LogP contribution >= 0.6 is 0 Å². The van der Waals surface area contributed by atoms with Crippen molar-refractivity contribution in [1.82, 2.24) is 0 Å². The molecule has 0 saturated heterocycles. The summed E-state index contributed by atoms with van der Waals surface area (Å²) in [7, 11) is 0. The smallest absolute Gasteiger partial charge is 0.0184 e. The maximum Gasteiger partial charge on any atom is -0.0184 e. The van der Waals surface area contributed by atoms with Crippen molar-refractivity contribution in [2.24, 2.45) is 0 Å². The van der Waals surface area contributed by atoms with Crippen LogP contribution in [-0.4, -0.2) is 0 Å². The van der Waals surface area contributed by atoms with Crippen LogP contribution in [0.5, 0.6) is 0 Å². The molecular formula is C60H40. The van der Waals surface area contributed by atoms with E-state index in [0.29, 0.717) is 0 Å². The van der Waals surface area contributed by atoms with Crippen LogP contribution in [0, 0.1) is 0 Å². The van der Waals surface area contributed by atoms with Gasteiger partial charge in [0, 0.05) is 0 Å². The summed E-state index contributed by atoms with van der Waals surface area (Å²) in [6, 6.07) is 89.1. The van der Waals surface area contributed by atoms with E-state index in [1.165, 1.54) is 111 Å². The fourth-order valence-corrected chi connectivity index (χ4v) is 8.55. The van der Waals surface area contributed by atoms with Gasteiger partial charge < -0.3 is 0 Å². The Morgan fingerprint density at radius 1 is 0.0667 bits per heavy atom. The molecule has 0 aromatic heterocycles. The number of rotatable bonds is 0.